The van der Waals surface area contributed by atoms with Gasteiger partial charge in [0, 0.05) is 18.2 Å². The molecule has 194 valence electrons. The van der Waals surface area contributed by atoms with Gasteiger partial charge in [-0.25, -0.2) is 5.43 Å². The molecule has 3 aromatic carbocycles. The summed E-state index contributed by atoms with van der Waals surface area (Å²) in [6, 6.07) is 24.3. The summed E-state index contributed by atoms with van der Waals surface area (Å²) in [4.78, 5) is 23.7. The first-order chi connectivity index (χ1) is 18.4. The van der Waals surface area contributed by atoms with Gasteiger partial charge in [-0.1, -0.05) is 42.1 Å². The van der Waals surface area contributed by atoms with Gasteiger partial charge in [0.05, 0.1) is 18.1 Å². The lowest BCUT2D eigenvalue weighted by Gasteiger charge is -2.11. The second-order valence-electron chi connectivity index (χ2n) is 8.07. The minimum Gasteiger partial charge on any atom is -0.494 e. The lowest BCUT2D eigenvalue weighted by atomic mass is 10.1. The van der Waals surface area contributed by atoms with Gasteiger partial charge in [-0.3, -0.25) is 14.2 Å². The maximum absolute atomic E-state index is 12.6. The highest BCUT2D eigenvalue weighted by Gasteiger charge is 2.17. The summed E-state index contributed by atoms with van der Waals surface area (Å²) >= 11 is 1.26. The molecule has 10 heteroatoms. The third kappa shape index (κ3) is 6.86. The molecular formula is C28H27N5O4S. The van der Waals surface area contributed by atoms with E-state index in [0.29, 0.717) is 29.0 Å². The first kappa shape index (κ1) is 26.6. The standard InChI is InChI=1S/C28H27N5O4S/c1-4-36-24-16-12-23(13-17-24)33-27(22-8-6-5-7-9-22)31-32-28(33)38-18-26(35)30-29-19(2)21-10-14-25(15-11-21)37-20(3)34/h5-17H,4,18H2,1-3H3,(H,30,35)/b29-19+. The van der Waals surface area contributed by atoms with Crippen molar-refractivity contribution in [1.29, 1.82) is 0 Å². The number of carbonyl (C=O) groups excluding carboxylic acids is 2. The second kappa shape index (κ2) is 12.7. The lowest BCUT2D eigenvalue weighted by molar-refractivity contribution is -0.131. The number of aromatic nitrogens is 3. The predicted molar refractivity (Wildman–Crippen MR) is 147 cm³/mol. The Bertz CT molecular complexity index is 1420. The van der Waals surface area contributed by atoms with Gasteiger partial charge in [-0.15, -0.1) is 10.2 Å². The molecule has 0 atom stereocenters. The number of nitrogens with zero attached hydrogens (tertiary/aromatic N) is 4. The molecule has 38 heavy (non-hydrogen) atoms. The normalized spacial score (nSPS) is 11.2. The Kier molecular flexibility index (Phi) is 8.89. The van der Waals surface area contributed by atoms with Crippen LogP contribution in [-0.2, 0) is 9.59 Å². The first-order valence-corrected chi connectivity index (χ1v) is 12.9. The molecule has 0 saturated heterocycles. The van der Waals surface area contributed by atoms with E-state index in [4.69, 9.17) is 9.47 Å². The van der Waals surface area contributed by atoms with E-state index < -0.39 is 0 Å². The Hall–Kier alpha value is -4.44. The minimum absolute atomic E-state index is 0.0894. The Morgan fingerprint density at radius 2 is 1.61 bits per heavy atom. The van der Waals surface area contributed by atoms with Gasteiger partial charge in [0.2, 0.25) is 0 Å². The summed E-state index contributed by atoms with van der Waals surface area (Å²) < 4.78 is 12.5. The Morgan fingerprint density at radius 1 is 0.921 bits per heavy atom. The van der Waals surface area contributed by atoms with Crippen LogP contribution in [0.3, 0.4) is 0 Å². The fourth-order valence-electron chi connectivity index (χ4n) is 3.53. The summed E-state index contributed by atoms with van der Waals surface area (Å²) in [7, 11) is 0. The van der Waals surface area contributed by atoms with Crippen LogP contribution in [-0.4, -0.2) is 44.7 Å². The third-order valence-corrected chi connectivity index (χ3v) is 6.21. The fraction of sp³-hybridized carbons (Fsp3) is 0.179. The van der Waals surface area contributed by atoms with Crippen molar-refractivity contribution in [3.05, 3.63) is 84.4 Å². The van der Waals surface area contributed by atoms with Crippen molar-refractivity contribution in [2.75, 3.05) is 12.4 Å². The number of nitrogens with one attached hydrogen (secondary N) is 1. The van der Waals surface area contributed by atoms with Gasteiger partial charge < -0.3 is 9.47 Å². The first-order valence-electron chi connectivity index (χ1n) is 11.9. The Labute approximate surface area is 224 Å². The number of benzene rings is 3. The molecule has 0 spiro atoms. The molecule has 0 aliphatic heterocycles. The predicted octanol–water partition coefficient (Wildman–Crippen LogP) is 4.89. The Morgan fingerprint density at radius 3 is 2.26 bits per heavy atom. The zero-order valence-electron chi connectivity index (χ0n) is 21.2. The van der Waals surface area contributed by atoms with Crippen molar-refractivity contribution in [3.8, 4) is 28.6 Å². The van der Waals surface area contributed by atoms with E-state index >= 15 is 0 Å². The molecule has 4 rings (SSSR count). The molecular weight excluding hydrogens is 502 g/mol. The largest absolute Gasteiger partial charge is 0.494 e. The smallest absolute Gasteiger partial charge is 0.308 e. The number of ether oxygens (including phenoxy) is 2. The van der Waals surface area contributed by atoms with Crippen molar-refractivity contribution in [3.63, 3.8) is 0 Å². The van der Waals surface area contributed by atoms with E-state index in [-0.39, 0.29) is 17.6 Å². The number of amides is 1. The fourth-order valence-corrected chi connectivity index (χ4v) is 4.28. The molecule has 0 aliphatic rings. The van der Waals surface area contributed by atoms with Gasteiger partial charge in [-0.2, -0.15) is 5.10 Å². The molecule has 1 aromatic heterocycles. The monoisotopic (exact) mass is 529 g/mol. The molecule has 4 aromatic rings. The van der Waals surface area contributed by atoms with Crippen molar-refractivity contribution < 1.29 is 19.1 Å². The second-order valence-corrected chi connectivity index (χ2v) is 9.02. The van der Waals surface area contributed by atoms with Gasteiger partial charge in [0.15, 0.2) is 11.0 Å². The van der Waals surface area contributed by atoms with Crippen LogP contribution in [0.15, 0.2) is 89.1 Å². The van der Waals surface area contributed by atoms with Crippen molar-refractivity contribution in [1.82, 2.24) is 20.2 Å². The third-order valence-electron chi connectivity index (χ3n) is 5.29. The van der Waals surface area contributed by atoms with E-state index in [9.17, 15) is 9.59 Å². The molecule has 0 radical (unpaired) electrons. The van der Waals surface area contributed by atoms with Crippen molar-refractivity contribution in [2.45, 2.75) is 25.9 Å². The minimum atomic E-state index is -0.387. The molecule has 0 saturated carbocycles. The summed E-state index contributed by atoms with van der Waals surface area (Å²) in [5.74, 6) is 1.31. The summed E-state index contributed by atoms with van der Waals surface area (Å²) in [5.41, 5.74) is 5.75. The number of hydrogen-bond acceptors (Lipinski definition) is 8. The van der Waals surface area contributed by atoms with E-state index in [0.717, 1.165) is 22.6 Å². The molecule has 0 fully saturated rings. The zero-order valence-corrected chi connectivity index (χ0v) is 22.1. The molecule has 9 nitrogen and oxygen atoms in total. The number of carbonyl (C=O) groups is 2. The van der Waals surface area contributed by atoms with E-state index in [2.05, 4.69) is 20.7 Å². The van der Waals surface area contributed by atoms with Crippen LogP contribution in [0.1, 0.15) is 26.3 Å². The van der Waals surface area contributed by atoms with Gasteiger partial charge in [-0.05, 0) is 67.9 Å². The van der Waals surface area contributed by atoms with Crippen LogP contribution in [0.4, 0.5) is 0 Å². The van der Waals surface area contributed by atoms with Crippen LogP contribution in [0.5, 0.6) is 11.5 Å². The number of hydrogen-bond donors (Lipinski definition) is 1. The highest BCUT2D eigenvalue weighted by atomic mass is 32.2. The number of hydrazone groups is 1. The molecule has 1 amide bonds. The van der Waals surface area contributed by atoms with Crippen molar-refractivity contribution >= 4 is 29.4 Å². The van der Waals surface area contributed by atoms with E-state index in [1.807, 2.05) is 66.1 Å². The molecule has 1 heterocycles. The highest BCUT2D eigenvalue weighted by Crippen LogP contribution is 2.28. The SMILES string of the molecule is CCOc1ccc(-n2c(SCC(=O)N/N=C(\C)c3ccc(OC(C)=O)cc3)nnc2-c2ccccc2)cc1. The molecule has 0 bridgehead atoms. The average Bonchev–Trinajstić information content (AvgIpc) is 3.36. The van der Waals surface area contributed by atoms with E-state index in [1.165, 1.54) is 18.7 Å². The highest BCUT2D eigenvalue weighted by molar-refractivity contribution is 7.99. The summed E-state index contributed by atoms with van der Waals surface area (Å²) in [6.07, 6.45) is 0. The summed E-state index contributed by atoms with van der Waals surface area (Å²) in [6.45, 7) is 5.65. The summed E-state index contributed by atoms with van der Waals surface area (Å²) in [5, 5.41) is 13.5. The van der Waals surface area contributed by atoms with Gasteiger partial charge in [0.25, 0.3) is 5.91 Å². The quantitative estimate of drug-likeness (QED) is 0.102. The average molecular weight is 530 g/mol. The maximum atomic E-state index is 12.6. The van der Waals surface area contributed by atoms with Crippen molar-refractivity contribution in [2.24, 2.45) is 5.10 Å². The maximum Gasteiger partial charge on any atom is 0.308 e. The Balaban J connectivity index is 1.47. The van der Waals surface area contributed by atoms with Crippen LogP contribution in [0.2, 0.25) is 0 Å². The topological polar surface area (TPSA) is 108 Å². The van der Waals surface area contributed by atoms with E-state index in [1.54, 1.807) is 31.2 Å². The lowest BCUT2D eigenvalue weighted by Crippen LogP contribution is -2.21. The zero-order chi connectivity index (χ0) is 26.9. The van der Waals surface area contributed by atoms with Gasteiger partial charge >= 0.3 is 5.97 Å². The van der Waals surface area contributed by atoms with Crippen LogP contribution in [0.25, 0.3) is 17.1 Å². The van der Waals surface area contributed by atoms with Crippen LogP contribution in [0, 0.1) is 0 Å². The number of rotatable bonds is 10. The number of esters is 1. The van der Waals surface area contributed by atoms with Gasteiger partial charge in [0.1, 0.15) is 11.5 Å². The van der Waals surface area contributed by atoms with Crippen LogP contribution >= 0.6 is 11.8 Å². The molecule has 1 N–H and O–H groups in total. The molecule has 0 aliphatic carbocycles. The van der Waals surface area contributed by atoms with Crippen LogP contribution < -0.4 is 14.9 Å². The number of thioether (sulfide) groups is 1. The molecule has 0 unspecified atom stereocenters.